The van der Waals surface area contributed by atoms with Gasteiger partial charge in [0.15, 0.2) is 0 Å². The lowest BCUT2D eigenvalue weighted by atomic mass is 10.4. The summed E-state index contributed by atoms with van der Waals surface area (Å²) >= 11 is 0. The number of nitrogens with zero attached hydrogens (tertiary/aromatic N) is 3. The van der Waals surface area contributed by atoms with Gasteiger partial charge in [0, 0.05) is 19.3 Å². The minimum absolute atomic E-state index is 0.0401. The van der Waals surface area contributed by atoms with E-state index in [0.717, 1.165) is 19.5 Å². The molecule has 1 heterocycles. The van der Waals surface area contributed by atoms with Crippen molar-refractivity contribution in [3.63, 3.8) is 0 Å². The van der Waals surface area contributed by atoms with E-state index in [1.165, 1.54) is 0 Å². The van der Waals surface area contributed by atoms with Gasteiger partial charge in [0.2, 0.25) is 5.91 Å². The van der Waals surface area contributed by atoms with Crippen molar-refractivity contribution in [1.29, 1.82) is 0 Å². The maximum atomic E-state index is 11.0. The minimum atomic E-state index is 0.0401. The highest BCUT2D eigenvalue weighted by molar-refractivity contribution is 5.77. The van der Waals surface area contributed by atoms with Gasteiger partial charge >= 0.3 is 0 Å². The number of hydrogen-bond acceptors (Lipinski definition) is 4. The van der Waals surface area contributed by atoms with Crippen molar-refractivity contribution in [2.75, 3.05) is 19.6 Å². The van der Waals surface area contributed by atoms with Crippen LogP contribution in [0.2, 0.25) is 0 Å². The largest absolute Gasteiger partial charge is 0.355 e. The Bertz CT molecular complexity index is 272. The maximum Gasteiger partial charge on any atom is 0.233 e. The molecule has 1 aromatic heterocycles. The second-order valence-electron chi connectivity index (χ2n) is 3.15. The average molecular weight is 211 g/mol. The Labute approximate surface area is 89.0 Å². The normalized spacial score (nSPS) is 10.2. The lowest BCUT2D eigenvalue weighted by Gasteiger charge is -2.04. The van der Waals surface area contributed by atoms with Gasteiger partial charge in [0.05, 0.1) is 12.7 Å². The second-order valence-corrected chi connectivity index (χ2v) is 3.15. The van der Waals surface area contributed by atoms with E-state index in [9.17, 15) is 4.79 Å². The number of likely N-dealkylation sites (N-methyl/N-ethyl adjacent to an activating group) is 1. The molecule has 0 unspecified atom stereocenters. The van der Waals surface area contributed by atoms with Crippen molar-refractivity contribution in [3.8, 4) is 0 Å². The minimum Gasteiger partial charge on any atom is -0.355 e. The first-order valence-corrected chi connectivity index (χ1v) is 5.14. The van der Waals surface area contributed by atoms with Crippen molar-refractivity contribution in [3.05, 3.63) is 12.4 Å². The van der Waals surface area contributed by atoms with Gasteiger partial charge in [-0.2, -0.15) is 0 Å². The van der Waals surface area contributed by atoms with E-state index in [1.807, 2.05) is 13.1 Å². The number of amides is 1. The molecule has 1 rings (SSSR count). The Morgan fingerprint density at radius 3 is 3.07 bits per heavy atom. The number of rotatable bonds is 7. The molecule has 0 saturated carbocycles. The van der Waals surface area contributed by atoms with E-state index >= 15 is 0 Å². The highest BCUT2D eigenvalue weighted by atomic mass is 16.1. The zero-order valence-electron chi connectivity index (χ0n) is 8.94. The average Bonchev–Trinajstić information content (AvgIpc) is 2.70. The van der Waals surface area contributed by atoms with Crippen LogP contribution >= 0.6 is 0 Å². The molecule has 0 fully saturated rings. The highest BCUT2D eigenvalue weighted by Gasteiger charge is 1.97. The summed E-state index contributed by atoms with van der Waals surface area (Å²) in [6.45, 7) is 4.59. The van der Waals surface area contributed by atoms with Crippen molar-refractivity contribution in [2.45, 2.75) is 19.9 Å². The second kappa shape index (κ2) is 6.94. The van der Waals surface area contributed by atoms with Gasteiger partial charge in [-0.25, -0.2) is 0 Å². The molecule has 0 aliphatic heterocycles. The molecular formula is C9H17N5O. The Kier molecular flexibility index (Phi) is 5.39. The van der Waals surface area contributed by atoms with Crippen molar-refractivity contribution >= 4 is 5.91 Å². The molecule has 2 N–H and O–H groups in total. The van der Waals surface area contributed by atoms with Crippen LogP contribution in [0.15, 0.2) is 12.4 Å². The monoisotopic (exact) mass is 211 g/mol. The fourth-order valence-corrected chi connectivity index (χ4v) is 1.18. The summed E-state index contributed by atoms with van der Waals surface area (Å²) in [5, 5.41) is 13.3. The first kappa shape index (κ1) is 11.6. The van der Waals surface area contributed by atoms with Crippen LogP contribution in [-0.2, 0) is 11.3 Å². The molecule has 84 valence electrons. The number of carbonyl (C=O) groups is 1. The Hall–Kier alpha value is -1.43. The van der Waals surface area contributed by atoms with Crippen LogP contribution in [0, 0.1) is 0 Å². The summed E-state index contributed by atoms with van der Waals surface area (Å²) in [5.74, 6) is 0.0401. The lowest BCUT2D eigenvalue weighted by Crippen LogP contribution is -2.34. The SMILES string of the molecule is CCNC(=O)CNCCCn1ccnn1. The van der Waals surface area contributed by atoms with E-state index in [-0.39, 0.29) is 5.91 Å². The molecule has 0 spiro atoms. The molecule has 0 bridgehead atoms. The van der Waals surface area contributed by atoms with Crippen LogP contribution in [0.3, 0.4) is 0 Å². The smallest absolute Gasteiger partial charge is 0.233 e. The van der Waals surface area contributed by atoms with Gasteiger partial charge in [-0.05, 0) is 19.9 Å². The van der Waals surface area contributed by atoms with Crippen LogP contribution in [0.4, 0.5) is 0 Å². The van der Waals surface area contributed by atoms with Crippen LogP contribution in [0.5, 0.6) is 0 Å². The van der Waals surface area contributed by atoms with E-state index in [4.69, 9.17) is 0 Å². The summed E-state index contributed by atoms with van der Waals surface area (Å²) < 4.78 is 1.77. The Balaban J connectivity index is 1.95. The van der Waals surface area contributed by atoms with Crippen LogP contribution in [0.1, 0.15) is 13.3 Å². The molecule has 0 aliphatic carbocycles. The predicted octanol–water partition coefficient (Wildman–Crippen LogP) is -0.606. The molecule has 0 aromatic carbocycles. The molecule has 1 amide bonds. The molecule has 1 aromatic rings. The molecule has 0 saturated heterocycles. The van der Waals surface area contributed by atoms with Gasteiger partial charge < -0.3 is 10.6 Å². The molecule has 6 nitrogen and oxygen atoms in total. The quantitative estimate of drug-likeness (QED) is 0.590. The third-order valence-electron chi connectivity index (χ3n) is 1.87. The van der Waals surface area contributed by atoms with Gasteiger partial charge in [-0.3, -0.25) is 9.48 Å². The van der Waals surface area contributed by atoms with Crippen LogP contribution < -0.4 is 10.6 Å². The first-order chi connectivity index (χ1) is 7.33. The number of hydrogen-bond donors (Lipinski definition) is 2. The fraction of sp³-hybridized carbons (Fsp3) is 0.667. The maximum absolute atomic E-state index is 11.0. The van der Waals surface area contributed by atoms with Crippen LogP contribution in [0.25, 0.3) is 0 Å². The zero-order valence-corrected chi connectivity index (χ0v) is 8.94. The molecule has 6 heteroatoms. The highest BCUT2D eigenvalue weighted by Crippen LogP contribution is 1.85. The molecule has 0 atom stereocenters. The zero-order chi connectivity index (χ0) is 10.9. The number of carbonyl (C=O) groups excluding carboxylic acids is 1. The van der Waals surface area contributed by atoms with Crippen molar-refractivity contribution in [2.24, 2.45) is 0 Å². The van der Waals surface area contributed by atoms with E-state index in [1.54, 1.807) is 10.9 Å². The molecule has 0 radical (unpaired) electrons. The van der Waals surface area contributed by atoms with Gasteiger partial charge in [0.1, 0.15) is 0 Å². The third kappa shape index (κ3) is 5.11. The summed E-state index contributed by atoms with van der Waals surface area (Å²) in [7, 11) is 0. The molecule has 15 heavy (non-hydrogen) atoms. The topological polar surface area (TPSA) is 71.8 Å². The van der Waals surface area contributed by atoms with E-state index < -0.39 is 0 Å². The number of nitrogens with one attached hydrogen (secondary N) is 2. The Morgan fingerprint density at radius 1 is 1.53 bits per heavy atom. The van der Waals surface area contributed by atoms with Crippen molar-refractivity contribution < 1.29 is 4.79 Å². The lowest BCUT2D eigenvalue weighted by molar-refractivity contribution is -0.120. The Morgan fingerprint density at radius 2 is 2.40 bits per heavy atom. The van der Waals surface area contributed by atoms with Gasteiger partial charge in [0.25, 0.3) is 0 Å². The summed E-state index contributed by atoms with van der Waals surface area (Å²) in [5.41, 5.74) is 0. The first-order valence-electron chi connectivity index (χ1n) is 5.14. The number of aromatic nitrogens is 3. The summed E-state index contributed by atoms with van der Waals surface area (Å²) in [6.07, 6.45) is 4.41. The van der Waals surface area contributed by atoms with Crippen molar-refractivity contribution in [1.82, 2.24) is 25.6 Å². The third-order valence-corrected chi connectivity index (χ3v) is 1.87. The van der Waals surface area contributed by atoms with Crippen LogP contribution in [-0.4, -0.2) is 40.5 Å². The predicted molar refractivity (Wildman–Crippen MR) is 56.2 cm³/mol. The number of aryl methyl sites for hydroxylation is 1. The molecule has 0 aliphatic rings. The van der Waals surface area contributed by atoms with Gasteiger partial charge in [-0.15, -0.1) is 5.10 Å². The standard InChI is InChI=1S/C9H17N5O/c1-2-11-9(15)8-10-4-3-6-14-7-5-12-13-14/h5,7,10H,2-4,6,8H2,1H3,(H,11,15). The van der Waals surface area contributed by atoms with E-state index in [2.05, 4.69) is 20.9 Å². The summed E-state index contributed by atoms with van der Waals surface area (Å²) in [4.78, 5) is 11.0. The molecular weight excluding hydrogens is 194 g/mol. The van der Waals surface area contributed by atoms with Gasteiger partial charge in [-0.1, -0.05) is 5.21 Å². The summed E-state index contributed by atoms with van der Waals surface area (Å²) in [6, 6.07) is 0. The van der Waals surface area contributed by atoms with E-state index in [0.29, 0.717) is 13.1 Å². The fourth-order valence-electron chi connectivity index (χ4n) is 1.18.